The molecule has 0 bridgehead atoms. The highest BCUT2D eigenvalue weighted by molar-refractivity contribution is 6.29. The standard InChI is InChI=1S/C13H14ClN5O/c1-18-7-6-15-12(18)8-19(9-2-3-9)13(20)10-4-5-11(14)17-16-10/h4-7,9H,2-3,8H2,1H3. The lowest BCUT2D eigenvalue weighted by molar-refractivity contribution is 0.0717. The number of rotatable bonds is 4. The molecule has 0 aromatic carbocycles. The number of imidazole rings is 1. The van der Waals surface area contributed by atoms with Gasteiger partial charge in [0.25, 0.3) is 5.91 Å². The average molecular weight is 292 g/mol. The molecule has 0 unspecified atom stereocenters. The third kappa shape index (κ3) is 2.65. The van der Waals surface area contributed by atoms with Crippen LogP contribution in [0.2, 0.25) is 5.15 Å². The van der Waals surface area contributed by atoms with Gasteiger partial charge < -0.3 is 9.47 Å². The summed E-state index contributed by atoms with van der Waals surface area (Å²) in [4.78, 5) is 18.6. The van der Waals surface area contributed by atoms with E-state index in [-0.39, 0.29) is 17.1 Å². The van der Waals surface area contributed by atoms with E-state index in [0.717, 1.165) is 18.7 Å². The zero-order valence-electron chi connectivity index (χ0n) is 11.0. The van der Waals surface area contributed by atoms with Gasteiger partial charge in [-0.1, -0.05) is 11.6 Å². The normalized spacial score (nSPS) is 14.3. The molecule has 0 aliphatic heterocycles. The summed E-state index contributed by atoms with van der Waals surface area (Å²) in [6, 6.07) is 3.45. The molecule has 3 rings (SSSR count). The number of carbonyl (C=O) groups is 1. The molecule has 0 spiro atoms. The largest absolute Gasteiger partial charge is 0.337 e. The Hall–Kier alpha value is -1.95. The third-order valence-corrected chi connectivity index (χ3v) is 3.53. The average Bonchev–Trinajstić information content (AvgIpc) is 3.20. The summed E-state index contributed by atoms with van der Waals surface area (Å²) in [6.07, 6.45) is 5.65. The highest BCUT2D eigenvalue weighted by Gasteiger charge is 2.34. The van der Waals surface area contributed by atoms with Crippen LogP contribution < -0.4 is 0 Å². The smallest absolute Gasteiger partial charge is 0.275 e. The summed E-state index contributed by atoms with van der Waals surface area (Å²) >= 11 is 5.69. The van der Waals surface area contributed by atoms with Crippen LogP contribution in [0.15, 0.2) is 24.5 Å². The maximum atomic E-state index is 12.5. The van der Waals surface area contributed by atoms with Gasteiger partial charge in [0.1, 0.15) is 5.82 Å². The highest BCUT2D eigenvalue weighted by atomic mass is 35.5. The van der Waals surface area contributed by atoms with Gasteiger partial charge >= 0.3 is 0 Å². The van der Waals surface area contributed by atoms with Crippen molar-refractivity contribution in [1.82, 2.24) is 24.6 Å². The Labute approximate surface area is 121 Å². The van der Waals surface area contributed by atoms with Crippen molar-refractivity contribution in [1.29, 1.82) is 0 Å². The van der Waals surface area contributed by atoms with E-state index < -0.39 is 0 Å². The maximum Gasteiger partial charge on any atom is 0.275 e. The first-order valence-electron chi connectivity index (χ1n) is 6.41. The molecule has 2 heterocycles. The van der Waals surface area contributed by atoms with Gasteiger partial charge in [0, 0.05) is 25.5 Å². The second-order valence-electron chi connectivity index (χ2n) is 4.86. The SMILES string of the molecule is Cn1ccnc1CN(C(=O)c1ccc(Cl)nn1)C1CC1. The Kier molecular flexibility index (Phi) is 3.40. The monoisotopic (exact) mass is 291 g/mol. The Morgan fingerprint density at radius 2 is 2.25 bits per heavy atom. The Bertz CT molecular complexity index is 620. The highest BCUT2D eigenvalue weighted by Crippen LogP contribution is 2.29. The molecule has 104 valence electrons. The van der Waals surface area contributed by atoms with Gasteiger partial charge in [0.15, 0.2) is 10.8 Å². The van der Waals surface area contributed by atoms with Crippen molar-refractivity contribution in [2.24, 2.45) is 7.05 Å². The number of hydrogen-bond acceptors (Lipinski definition) is 4. The van der Waals surface area contributed by atoms with Crippen LogP contribution in [0.1, 0.15) is 29.2 Å². The van der Waals surface area contributed by atoms with Crippen molar-refractivity contribution < 1.29 is 4.79 Å². The molecule has 1 amide bonds. The number of carbonyl (C=O) groups excluding carboxylic acids is 1. The first kappa shape index (κ1) is 13.1. The molecule has 1 aliphatic rings. The number of nitrogens with zero attached hydrogens (tertiary/aromatic N) is 5. The fraction of sp³-hybridized carbons (Fsp3) is 0.385. The molecule has 0 N–H and O–H groups in total. The molecule has 0 atom stereocenters. The van der Waals surface area contributed by atoms with Crippen LogP contribution in [0.3, 0.4) is 0 Å². The van der Waals surface area contributed by atoms with Crippen molar-refractivity contribution in [2.45, 2.75) is 25.4 Å². The third-order valence-electron chi connectivity index (χ3n) is 3.33. The predicted octanol–water partition coefficient (Wildman–Crippen LogP) is 1.67. The van der Waals surface area contributed by atoms with E-state index in [0.29, 0.717) is 12.2 Å². The summed E-state index contributed by atoms with van der Waals surface area (Å²) in [6.45, 7) is 0.483. The quantitative estimate of drug-likeness (QED) is 0.859. The number of amides is 1. The van der Waals surface area contributed by atoms with Crippen LogP contribution >= 0.6 is 11.6 Å². The second-order valence-corrected chi connectivity index (χ2v) is 5.25. The van der Waals surface area contributed by atoms with Gasteiger partial charge in [0.05, 0.1) is 6.54 Å². The van der Waals surface area contributed by atoms with Crippen LogP contribution in [0.4, 0.5) is 0 Å². The van der Waals surface area contributed by atoms with E-state index in [4.69, 9.17) is 11.6 Å². The first-order valence-corrected chi connectivity index (χ1v) is 6.79. The molecule has 20 heavy (non-hydrogen) atoms. The van der Waals surface area contributed by atoms with Crippen LogP contribution in [-0.2, 0) is 13.6 Å². The number of aryl methyl sites for hydroxylation is 1. The molecule has 6 nitrogen and oxygen atoms in total. The topological polar surface area (TPSA) is 63.9 Å². The number of aromatic nitrogens is 4. The Morgan fingerprint density at radius 1 is 1.45 bits per heavy atom. The summed E-state index contributed by atoms with van der Waals surface area (Å²) in [5.41, 5.74) is 0.315. The summed E-state index contributed by atoms with van der Waals surface area (Å²) in [5.74, 6) is 0.729. The van der Waals surface area contributed by atoms with Gasteiger partial charge in [-0.25, -0.2) is 4.98 Å². The van der Waals surface area contributed by atoms with E-state index in [1.54, 1.807) is 23.2 Å². The van der Waals surface area contributed by atoms with Crippen molar-refractivity contribution in [3.05, 3.63) is 41.2 Å². The van der Waals surface area contributed by atoms with E-state index >= 15 is 0 Å². The molecule has 1 saturated carbocycles. The lowest BCUT2D eigenvalue weighted by Crippen LogP contribution is -2.34. The zero-order valence-corrected chi connectivity index (χ0v) is 11.8. The molecule has 2 aromatic heterocycles. The van der Waals surface area contributed by atoms with Gasteiger partial charge in [-0.3, -0.25) is 4.79 Å². The van der Waals surface area contributed by atoms with E-state index in [2.05, 4.69) is 15.2 Å². The van der Waals surface area contributed by atoms with Gasteiger partial charge in [-0.05, 0) is 25.0 Å². The molecule has 0 radical (unpaired) electrons. The predicted molar refractivity (Wildman–Crippen MR) is 73.1 cm³/mol. The van der Waals surface area contributed by atoms with E-state index in [9.17, 15) is 4.79 Å². The van der Waals surface area contributed by atoms with Crippen LogP contribution in [0.5, 0.6) is 0 Å². The van der Waals surface area contributed by atoms with Crippen molar-refractivity contribution in [2.75, 3.05) is 0 Å². The summed E-state index contributed by atoms with van der Waals surface area (Å²) < 4.78 is 1.91. The van der Waals surface area contributed by atoms with Crippen molar-refractivity contribution >= 4 is 17.5 Å². The van der Waals surface area contributed by atoms with Gasteiger partial charge in [-0.15, -0.1) is 10.2 Å². The van der Waals surface area contributed by atoms with Crippen molar-refractivity contribution in [3.8, 4) is 0 Å². The minimum absolute atomic E-state index is 0.125. The Morgan fingerprint density at radius 3 is 2.80 bits per heavy atom. The lowest BCUT2D eigenvalue weighted by atomic mass is 10.3. The fourth-order valence-electron chi connectivity index (χ4n) is 2.03. The Balaban J connectivity index is 1.82. The maximum absolute atomic E-state index is 12.5. The molecule has 1 fully saturated rings. The van der Waals surface area contributed by atoms with Crippen molar-refractivity contribution in [3.63, 3.8) is 0 Å². The van der Waals surface area contributed by atoms with Crippen LogP contribution in [0.25, 0.3) is 0 Å². The van der Waals surface area contributed by atoms with Gasteiger partial charge in [-0.2, -0.15) is 0 Å². The number of hydrogen-bond donors (Lipinski definition) is 0. The zero-order chi connectivity index (χ0) is 14.1. The molecular weight excluding hydrogens is 278 g/mol. The van der Waals surface area contributed by atoms with E-state index in [1.165, 1.54) is 0 Å². The first-order chi connectivity index (χ1) is 9.65. The van der Waals surface area contributed by atoms with Gasteiger partial charge in [0.2, 0.25) is 0 Å². The lowest BCUT2D eigenvalue weighted by Gasteiger charge is -2.21. The minimum Gasteiger partial charge on any atom is -0.337 e. The fourth-order valence-corrected chi connectivity index (χ4v) is 2.13. The molecule has 0 saturated heterocycles. The van der Waals surface area contributed by atoms with Crippen LogP contribution in [-0.4, -0.2) is 36.6 Å². The van der Waals surface area contributed by atoms with E-state index in [1.807, 2.05) is 17.8 Å². The molecule has 2 aromatic rings. The summed E-state index contributed by atoms with van der Waals surface area (Å²) in [5, 5.41) is 7.87. The number of halogens is 1. The second kappa shape index (κ2) is 5.20. The molecule has 1 aliphatic carbocycles. The minimum atomic E-state index is -0.125. The molecular formula is C13H14ClN5O. The molecule has 7 heteroatoms. The van der Waals surface area contributed by atoms with Crippen LogP contribution in [0, 0.1) is 0 Å². The summed E-state index contributed by atoms with van der Waals surface area (Å²) in [7, 11) is 1.92.